The van der Waals surface area contributed by atoms with Gasteiger partial charge < -0.3 is 11.1 Å². The molecule has 6 nitrogen and oxygen atoms in total. The molecule has 0 aromatic carbocycles. The number of likely N-dealkylation sites (N-methyl/N-ethyl adjacent to an activating group) is 1. The zero-order valence-electron chi connectivity index (χ0n) is 10.0. The van der Waals surface area contributed by atoms with E-state index in [9.17, 15) is 0 Å². The van der Waals surface area contributed by atoms with Gasteiger partial charge in [-0.2, -0.15) is 15.0 Å². The molecule has 1 aliphatic rings. The molecule has 0 spiro atoms. The van der Waals surface area contributed by atoms with Crippen molar-refractivity contribution in [3.05, 3.63) is 5.28 Å². The molecule has 1 aliphatic carbocycles. The maximum Gasteiger partial charge on any atom is 0.228 e. The SMILES string of the molecule is CC(CNc1nc(N)nc(Cl)n1)N(C)C1CC1. The molecule has 1 unspecified atom stereocenters. The number of hydrogen-bond acceptors (Lipinski definition) is 6. The van der Waals surface area contributed by atoms with Gasteiger partial charge in [-0.3, -0.25) is 4.90 Å². The standard InChI is InChI=1S/C10H17ClN6/c1-6(17(2)7-3-4-7)5-13-10-15-8(11)14-9(12)16-10/h6-7H,3-5H2,1-2H3,(H3,12,13,14,15,16). The zero-order chi connectivity index (χ0) is 12.4. The van der Waals surface area contributed by atoms with Crippen LogP contribution in [0.2, 0.25) is 5.28 Å². The van der Waals surface area contributed by atoms with Crippen molar-refractivity contribution >= 4 is 23.5 Å². The number of nitrogen functional groups attached to an aromatic ring is 1. The number of nitrogens with two attached hydrogens (primary N) is 1. The molecule has 0 bridgehead atoms. The molecule has 94 valence electrons. The van der Waals surface area contributed by atoms with E-state index >= 15 is 0 Å². The number of aromatic nitrogens is 3. The topological polar surface area (TPSA) is 80.0 Å². The fraction of sp³-hybridized carbons (Fsp3) is 0.700. The summed E-state index contributed by atoms with van der Waals surface area (Å²) in [7, 11) is 2.14. The molecular formula is C10H17ClN6. The first kappa shape index (κ1) is 12.3. The summed E-state index contributed by atoms with van der Waals surface area (Å²) in [5.74, 6) is 0.564. The Hall–Kier alpha value is -1.14. The van der Waals surface area contributed by atoms with Crippen LogP contribution in [-0.2, 0) is 0 Å². The molecule has 1 saturated carbocycles. The molecule has 3 N–H and O–H groups in total. The van der Waals surface area contributed by atoms with Crippen molar-refractivity contribution in [1.29, 1.82) is 0 Å². The molecule has 17 heavy (non-hydrogen) atoms. The number of anilines is 2. The maximum atomic E-state index is 5.70. The first-order valence-electron chi connectivity index (χ1n) is 5.69. The van der Waals surface area contributed by atoms with E-state index in [1.165, 1.54) is 12.8 Å². The van der Waals surface area contributed by atoms with E-state index in [2.05, 4.69) is 39.1 Å². The monoisotopic (exact) mass is 256 g/mol. The smallest absolute Gasteiger partial charge is 0.228 e. The summed E-state index contributed by atoms with van der Waals surface area (Å²) in [4.78, 5) is 14.0. The largest absolute Gasteiger partial charge is 0.368 e. The van der Waals surface area contributed by atoms with Crippen molar-refractivity contribution in [2.75, 3.05) is 24.6 Å². The van der Waals surface area contributed by atoms with Gasteiger partial charge in [-0.15, -0.1) is 0 Å². The highest BCUT2D eigenvalue weighted by molar-refractivity contribution is 6.28. The highest BCUT2D eigenvalue weighted by Crippen LogP contribution is 2.26. The molecule has 1 atom stereocenters. The third-order valence-electron chi connectivity index (χ3n) is 3.00. The van der Waals surface area contributed by atoms with Gasteiger partial charge >= 0.3 is 0 Å². The second kappa shape index (κ2) is 5.01. The van der Waals surface area contributed by atoms with Crippen LogP contribution < -0.4 is 11.1 Å². The summed E-state index contributed by atoms with van der Waals surface area (Å²) in [6, 6.07) is 1.15. The van der Waals surface area contributed by atoms with Crippen molar-refractivity contribution in [2.45, 2.75) is 31.8 Å². The molecule has 2 rings (SSSR count). The molecule has 0 radical (unpaired) electrons. The number of nitrogens with zero attached hydrogens (tertiary/aromatic N) is 4. The van der Waals surface area contributed by atoms with Crippen LogP contribution >= 0.6 is 11.6 Å². The van der Waals surface area contributed by atoms with Crippen LogP contribution in [-0.4, -0.2) is 45.5 Å². The Kier molecular flexibility index (Phi) is 3.63. The number of halogens is 1. The van der Waals surface area contributed by atoms with E-state index in [1.54, 1.807) is 0 Å². The average molecular weight is 257 g/mol. The Balaban J connectivity index is 1.88. The van der Waals surface area contributed by atoms with Gasteiger partial charge in [0.05, 0.1) is 0 Å². The summed E-state index contributed by atoms with van der Waals surface area (Å²) in [5, 5.41) is 3.24. The van der Waals surface area contributed by atoms with Gasteiger partial charge in [0.1, 0.15) is 0 Å². The van der Waals surface area contributed by atoms with Crippen molar-refractivity contribution in [2.24, 2.45) is 0 Å². The lowest BCUT2D eigenvalue weighted by Crippen LogP contribution is -2.36. The Morgan fingerprint density at radius 3 is 2.76 bits per heavy atom. The Morgan fingerprint density at radius 2 is 2.18 bits per heavy atom. The molecule has 1 aromatic heterocycles. The van der Waals surface area contributed by atoms with Crippen LogP contribution in [0.15, 0.2) is 0 Å². The summed E-state index contributed by atoms with van der Waals surface area (Å²) in [6.07, 6.45) is 2.59. The van der Waals surface area contributed by atoms with Crippen LogP contribution in [0, 0.1) is 0 Å². The maximum absolute atomic E-state index is 5.70. The lowest BCUT2D eigenvalue weighted by atomic mass is 10.3. The zero-order valence-corrected chi connectivity index (χ0v) is 10.8. The highest BCUT2D eigenvalue weighted by Gasteiger charge is 2.28. The normalized spacial score (nSPS) is 17.2. The van der Waals surface area contributed by atoms with E-state index in [-0.39, 0.29) is 11.2 Å². The van der Waals surface area contributed by atoms with Gasteiger partial charge in [-0.05, 0) is 38.4 Å². The Bertz CT molecular complexity index is 374. The van der Waals surface area contributed by atoms with E-state index in [0.29, 0.717) is 12.0 Å². The van der Waals surface area contributed by atoms with Gasteiger partial charge in [0.25, 0.3) is 0 Å². The van der Waals surface area contributed by atoms with E-state index in [0.717, 1.165) is 12.6 Å². The summed E-state index contributed by atoms with van der Waals surface area (Å²) in [6.45, 7) is 2.92. The van der Waals surface area contributed by atoms with Gasteiger partial charge in [0, 0.05) is 18.6 Å². The lowest BCUT2D eigenvalue weighted by molar-refractivity contribution is 0.257. The molecule has 0 aliphatic heterocycles. The third kappa shape index (κ3) is 3.41. The third-order valence-corrected chi connectivity index (χ3v) is 3.17. The van der Waals surface area contributed by atoms with Gasteiger partial charge in [0.15, 0.2) is 0 Å². The summed E-state index contributed by atoms with van der Waals surface area (Å²) < 4.78 is 0. The van der Waals surface area contributed by atoms with Crippen molar-refractivity contribution in [3.8, 4) is 0 Å². The summed E-state index contributed by atoms with van der Waals surface area (Å²) >= 11 is 5.70. The van der Waals surface area contributed by atoms with Gasteiger partial charge in [-0.1, -0.05) is 0 Å². The highest BCUT2D eigenvalue weighted by atomic mass is 35.5. The number of hydrogen-bond donors (Lipinski definition) is 2. The van der Waals surface area contributed by atoms with Crippen LogP contribution in [0.4, 0.5) is 11.9 Å². The predicted octanol–water partition coefficient (Wildman–Crippen LogP) is 1.00. The first-order chi connectivity index (χ1) is 8.06. The molecular weight excluding hydrogens is 240 g/mol. The molecule has 1 fully saturated rings. The first-order valence-corrected chi connectivity index (χ1v) is 6.07. The second-order valence-corrected chi connectivity index (χ2v) is 4.75. The van der Waals surface area contributed by atoms with E-state index in [4.69, 9.17) is 17.3 Å². The Labute approximate surface area is 106 Å². The van der Waals surface area contributed by atoms with Crippen LogP contribution in [0.5, 0.6) is 0 Å². The minimum Gasteiger partial charge on any atom is -0.368 e. The quantitative estimate of drug-likeness (QED) is 0.818. The molecule has 1 aromatic rings. The summed E-state index contributed by atoms with van der Waals surface area (Å²) in [5.41, 5.74) is 5.49. The van der Waals surface area contributed by atoms with Gasteiger partial charge in [-0.25, -0.2) is 0 Å². The Morgan fingerprint density at radius 1 is 1.47 bits per heavy atom. The fourth-order valence-corrected chi connectivity index (χ4v) is 1.84. The van der Waals surface area contributed by atoms with Gasteiger partial charge in [0.2, 0.25) is 17.2 Å². The fourth-order valence-electron chi connectivity index (χ4n) is 1.67. The van der Waals surface area contributed by atoms with Crippen LogP contribution in [0.1, 0.15) is 19.8 Å². The van der Waals surface area contributed by atoms with Crippen LogP contribution in [0.25, 0.3) is 0 Å². The lowest BCUT2D eigenvalue weighted by Gasteiger charge is -2.24. The number of rotatable bonds is 5. The average Bonchev–Trinajstić information content (AvgIpc) is 3.07. The molecule has 0 saturated heterocycles. The van der Waals surface area contributed by atoms with Crippen molar-refractivity contribution in [3.63, 3.8) is 0 Å². The number of nitrogens with one attached hydrogen (secondary N) is 1. The van der Waals surface area contributed by atoms with Crippen LogP contribution in [0.3, 0.4) is 0 Å². The minimum absolute atomic E-state index is 0.114. The van der Waals surface area contributed by atoms with E-state index in [1.807, 2.05) is 0 Å². The minimum atomic E-state index is 0.114. The van der Waals surface area contributed by atoms with E-state index < -0.39 is 0 Å². The van der Waals surface area contributed by atoms with Crippen molar-refractivity contribution in [1.82, 2.24) is 19.9 Å². The molecule has 1 heterocycles. The second-order valence-electron chi connectivity index (χ2n) is 4.41. The van der Waals surface area contributed by atoms with Crippen molar-refractivity contribution < 1.29 is 0 Å². The predicted molar refractivity (Wildman–Crippen MR) is 68.0 cm³/mol. The molecule has 7 heteroatoms. The molecule has 0 amide bonds.